The number of nitrogens with one attached hydrogen (secondary N) is 2. The summed E-state index contributed by atoms with van der Waals surface area (Å²) in [6.45, 7) is 1.95. The van der Waals surface area contributed by atoms with Crippen molar-refractivity contribution in [1.29, 1.82) is 0 Å². The van der Waals surface area contributed by atoms with Gasteiger partial charge in [0.15, 0.2) is 11.6 Å². The number of aromatic nitrogens is 4. The highest BCUT2D eigenvalue weighted by Gasteiger charge is 2.30. The van der Waals surface area contributed by atoms with Crippen LogP contribution in [0.25, 0.3) is 22.2 Å². The number of hydrogen-bond donors (Lipinski definition) is 2. The van der Waals surface area contributed by atoms with Gasteiger partial charge in [0, 0.05) is 78.0 Å². The van der Waals surface area contributed by atoms with E-state index in [-0.39, 0.29) is 17.3 Å². The SMILES string of the molecule is O=C(c1c(C2CCC2)ccc(NSN2CCCC2)c1F)c1c[nH]c2ncc(-c3cnc(C4CC4)nc3)cc12. The number of anilines is 1. The van der Waals surface area contributed by atoms with Crippen molar-refractivity contribution in [3.8, 4) is 11.1 Å². The van der Waals surface area contributed by atoms with E-state index in [0.717, 1.165) is 80.6 Å². The number of aromatic amines is 1. The highest BCUT2D eigenvalue weighted by Crippen LogP contribution is 2.42. The number of ketones is 1. The standard InChI is InChI=1S/C29H29FN6OS/c30-26-24(35-38-36-10-1-2-11-36)9-8-21(17-4-3-5-17)25(26)27(37)23-16-34-29-22(23)12-19(13-33-29)20-14-31-28(32-15-20)18-6-7-18/h8-9,12-18,35H,1-7,10-11H2,(H,33,34). The number of rotatable bonds is 8. The molecule has 0 unspecified atom stereocenters. The van der Waals surface area contributed by atoms with Crippen LogP contribution in [-0.2, 0) is 0 Å². The predicted octanol–water partition coefficient (Wildman–Crippen LogP) is 6.61. The molecule has 0 bridgehead atoms. The molecule has 4 heterocycles. The maximum Gasteiger partial charge on any atom is 0.198 e. The van der Waals surface area contributed by atoms with Crippen LogP contribution in [0.4, 0.5) is 10.1 Å². The lowest BCUT2D eigenvalue weighted by Crippen LogP contribution is -2.18. The van der Waals surface area contributed by atoms with Crippen LogP contribution in [0.5, 0.6) is 0 Å². The van der Waals surface area contributed by atoms with E-state index in [9.17, 15) is 4.79 Å². The molecule has 3 fully saturated rings. The molecule has 7 rings (SSSR count). The van der Waals surface area contributed by atoms with Crippen LogP contribution in [-0.4, -0.2) is 43.1 Å². The van der Waals surface area contributed by atoms with Gasteiger partial charge in [0.05, 0.1) is 11.3 Å². The molecular weight excluding hydrogens is 499 g/mol. The number of H-pyrrole nitrogens is 1. The summed E-state index contributed by atoms with van der Waals surface area (Å²) < 4.78 is 21.4. The molecule has 2 N–H and O–H groups in total. The zero-order valence-electron chi connectivity index (χ0n) is 21.0. The molecule has 0 atom stereocenters. The molecule has 38 heavy (non-hydrogen) atoms. The Balaban J connectivity index is 1.24. The molecule has 2 saturated carbocycles. The molecule has 7 nitrogen and oxygen atoms in total. The third kappa shape index (κ3) is 4.37. The first-order valence-corrected chi connectivity index (χ1v) is 14.3. The maximum atomic E-state index is 16.1. The number of fused-ring (bicyclic) bond motifs is 1. The number of pyridine rings is 1. The van der Waals surface area contributed by atoms with Crippen LogP contribution in [0.3, 0.4) is 0 Å². The van der Waals surface area contributed by atoms with E-state index < -0.39 is 5.82 Å². The van der Waals surface area contributed by atoms with Crippen molar-refractivity contribution in [1.82, 2.24) is 24.2 Å². The van der Waals surface area contributed by atoms with Gasteiger partial charge in [-0.05, 0) is 62.1 Å². The fraction of sp³-hybridized carbons (Fsp3) is 0.379. The zero-order chi connectivity index (χ0) is 25.6. The van der Waals surface area contributed by atoms with Crippen LogP contribution in [0.1, 0.15) is 84.1 Å². The lowest BCUT2D eigenvalue weighted by Gasteiger charge is -2.28. The third-order valence-corrected chi connectivity index (χ3v) is 8.95. The van der Waals surface area contributed by atoms with Gasteiger partial charge in [0.1, 0.15) is 11.5 Å². The first-order valence-electron chi connectivity index (χ1n) is 13.5. The van der Waals surface area contributed by atoms with Crippen molar-refractivity contribution < 1.29 is 9.18 Å². The summed E-state index contributed by atoms with van der Waals surface area (Å²) in [5.41, 5.74) is 4.01. The molecule has 194 valence electrons. The number of nitrogens with zero attached hydrogens (tertiary/aromatic N) is 4. The Morgan fingerprint density at radius 1 is 0.974 bits per heavy atom. The van der Waals surface area contributed by atoms with E-state index in [1.54, 1.807) is 18.5 Å². The average molecular weight is 529 g/mol. The van der Waals surface area contributed by atoms with Crippen molar-refractivity contribution in [3.05, 3.63) is 71.3 Å². The minimum Gasteiger partial charge on any atom is -0.345 e. The fourth-order valence-electron chi connectivity index (χ4n) is 5.38. The van der Waals surface area contributed by atoms with Crippen molar-refractivity contribution in [3.63, 3.8) is 0 Å². The van der Waals surface area contributed by atoms with E-state index in [4.69, 9.17) is 0 Å². The summed E-state index contributed by atoms with van der Waals surface area (Å²) in [6, 6.07) is 5.64. The van der Waals surface area contributed by atoms with Crippen molar-refractivity contribution >= 4 is 34.6 Å². The molecule has 1 aliphatic heterocycles. The Hall–Kier alpha value is -3.30. The summed E-state index contributed by atoms with van der Waals surface area (Å²) in [5, 5.41) is 0.669. The largest absolute Gasteiger partial charge is 0.345 e. The molecule has 0 radical (unpaired) electrons. The van der Waals surface area contributed by atoms with E-state index in [2.05, 4.69) is 29.0 Å². The van der Waals surface area contributed by atoms with E-state index >= 15 is 4.39 Å². The minimum absolute atomic E-state index is 0.171. The van der Waals surface area contributed by atoms with Gasteiger partial charge in [0.2, 0.25) is 0 Å². The number of carbonyl (C=O) groups is 1. The van der Waals surface area contributed by atoms with Gasteiger partial charge in [-0.15, -0.1) is 0 Å². The van der Waals surface area contributed by atoms with Gasteiger partial charge >= 0.3 is 0 Å². The zero-order valence-corrected chi connectivity index (χ0v) is 21.9. The molecule has 4 aromatic rings. The first-order chi connectivity index (χ1) is 18.7. The topological polar surface area (TPSA) is 86.8 Å². The second kappa shape index (κ2) is 9.78. The second-order valence-corrected chi connectivity index (χ2v) is 11.5. The summed E-state index contributed by atoms with van der Waals surface area (Å²) >= 11 is 1.42. The van der Waals surface area contributed by atoms with Crippen LogP contribution in [0.2, 0.25) is 0 Å². The number of carbonyl (C=O) groups excluding carboxylic acids is 1. The van der Waals surface area contributed by atoms with Gasteiger partial charge in [0.25, 0.3) is 0 Å². The maximum absolute atomic E-state index is 16.1. The van der Waals surface area contributed by atoms with Gasteiger partial charge in [-0.1, -0.05) is 12.5 Å². The molecule has 0 spiro atoms. The molecule has 1 saturated heterocycles. The second-order valence-electron chi connectivity index (χ2n) is 10.6. The quantitative estimate of drug-likeness (QED) is 0.197. The van der Waals surface area contributed by atoms with Crippen molar-refractivity contribution in [2.24, 2.45) is 0 Å². The van der Waals surface area contributed by atoms with E-state index in [1.165, 1.54) is 12.1 Å². The summed E-state index contributed by atoms with van der Waals surface area (Å²) in [4.78, 5) is 30.7. The third-order valence-electron chi connectivity index (χ3n) is 8.02. The highest BCUT2D eigenvalue weighted by atomic mass is 32.2. The molecule has 1 aromatic carbocycles. The molecule has 3 aliphatic rings. The minimum atomic E-state index is -0.478. The highest BCUT2D eigenvalue weighted by molar-refractivity contribution is 7.98. The lowest BCUT2D eigenvalue weighted by molar-refractivity contribution is 0.103. The number of hydrogen-bond acceptors (Lipinski definition) is 7. The van der Waals surface area contributed by atoms with Gasteiger partial charge in [-0.25, -0.2) is 23.6 Å². The van der Waals surface area contributed by atoms with Crippen LogP contribution >= 0.6 is 12.1 Å². The van der Waals surface area contributed by atoms with Gasteiger partial charge in [-0.2, -0.15) is 0 Å². The molecule has 2 aliphatic carbocycles. The molecule has 0 amide bonds. The van der Waals surface area contributed by atoms with E-state index in [1.807, 2.05) is 24.5 Å². The molecular formula is C29H29FN6OS. The molecule has 3 aromatic heterocycles. The summed E-state index contributed by atoms with van der Waals surface area (Å²) in [6.07, 6.45) is 14.7. The summed E-state index contributed by atoms with van der Waals surface area (Å²) in [7, 11) is 0. The Morgan fingerprint density at radius 3 is 2.45 bits per heavy atom. The van der Waals surface area contributed by atoms with Crippen molar-refractivity contribution in [2.45, 2.75) is 56.8 Å². The van der Waals surface area contributed by atoms with Gasteiger partial charge < -0.3 is 9.71 Å². The van der Waals surface area contributed by atoms with Crippen molar-refractivity contribution in [2.75, 3.05) is 17.8 Å². The van der Waals surface area contributed by atoms with Gasteiger partial charge in [-0.3, -0.25) is 4.79 Å². The predicted molar refractivity (Wildman–Crippen MR) is 148 cm³/mol. The lowest BCUT2D eigenvalue weighted by atomic mass is 9.77. The summed E-state index contributed by atoms with van der Waals surface area (Å²) in [5.74, 6) is 0.788. The van der Waals surface area contributed by atoms with Crippen LogP contribution in [0.15, 0.2) is 43.0 Å². The smallest absolute Gasteiger partial charge is 0.198 e. The number of halogens is 1. The Labute approximate surface area is 224 Å². The Morgan fingerprint density at radius 2 is 1.74 bits per heavy atom. The number of benzene rings is 1. The van der Waals surface area contributed by atoms with Crippen LogP contribution in [0, 0.1) is 5.82 Å². The Kier molecular flexibility index (Phi) is 6.12. The normalized spacial score (nSPS) is 18.1. The van der Waals surface area contributed by atoms with Crippen LogP contribution < -0.4 is 4.72 Å². The Bertz CT molecular complexity index is 1510. The fourth-order valence-corrected chi connectivity index (χ4v) is 6.20. The molecule has 9 heteroatoms. The van der Waals surface area contributed by atoms with E-state index in [0.29, 0.717) is 28.2 Å². The average Bonchev–Trinajstić information content (AvgIpc) is 3.46. The monoisotopic (exact) mass is 528 g/mol. The first kappa shape index (κ1) is 23.8.